The van der Waals surface area contributed by atoms with Gasteiger partial charge in [-0.05, 0) is 12.1 Å². The number of nitrogens with zero attached hydrogens (tertiary/aromatic N) is 1. The average Bonchev–Trinajstić information content (AvgIpc) is 2.32. The Bertz CT molecular complexity index is 650. The highest BCUT2D eigenvalue weighted by molar-refractivity contribution is 6.32. The van der Waals surface area contributed by atoms with Gasteiger partial charge in [-0.15, -0.1) is 0 Å². The minimum Gasteiger partial charge on any atom is -0.398 e. The third-order valence-electron chi connectivity index (χ3n) is 2.81. The molecule has 0 aliphatic heterocycles. The highest BCUT2D eigenvalue weighted by atomic mass is 35.5. The molecular weight excluding hydrogens is 338 g/mol. The number of hydrogen-bond acceptors (Lipinski definition) is 2. The highest BCUT2D eigenvalue weighted by Gasteiger charge is 2.41. The zero-order valence-corrected chi connectivity index (χ0v) is 11.6. The van der Waals surface area contributed by atoms with Gasteiger partial charge in [0.1, 0.15) is 0 Å². The van der Waals surface area contributed by atoms with E-state index in [0.29, 0.717) is 12.3 Å². The molecule has 0 saturated carbocycles. The van der Waals surface area contributed by atoms with Gasteiger partial charge in [0.15, 0.2) is 0 Å². The number of halogens is 7. The summed E-state index contributed by atoms with van der Waals surface area (Å²) in [6.07, 6.45) is -4.21. The predicted molar refractivity (Wildman–Crippen MR) is 68.9 cm³/mol. The molecule has 2 nitrogen and oxygen atoms in total. The van der Waals surface area contributed by atoms with Crippen molar-refractivity contribution < 1.29 is 22.0 Å². The Morgan fingerprint density at radius 1 is 1.24 bits per heavy atom. The SMILES string of the molecule is NC1=C(Cl)CC(F)(F)C(c2ncc(C(F)(F)F)cc2Cl)=C1. The van der Waals surface area contributed by atoms with Gasteiger partial charge in [-0.3, -0.25) is 4.98 Å². The minimum absolute atomic E-state index is 0.102. The molecule has 0 radical (unpaired) electrons. The van der Waals surface area contributed by atoms with Crippen LogP contribution in [0.15, 0.2) is 29.1 Å². The molecule has 1 aromatic heterocycles. The zero-order chi connectivity index (χ0) is 16.0. The van der Waals surface area contributed by atoms with Crippen molar-refractivity contribution in [3.8, 4) is 0 Å². The third kappa shape index (κ3) is 3.13. The summed E-state index contributed by atoms with van der Waals surface area (Å²) in [5, 5.41) is -0.770. The van der Waals surface area contributed by atoms with Gasteiger partial charge in [-0.25, -0.2) is 8.78 Å². The Morgan fingerprint density at radius 3 is 2.38 bits per heavy atom. The summed E-state index contributed by atoms with van der Waals surface area (Å²) in [6, 6.07) is 0.539. The maximum absolute atomic E-state index is 13.9. The van der Waals surface area contributed by atoms with Gasteiger partial charge in [-0.2, -0.15) is 13.2 Å². The van der Waals surface area contributed by atoms with Gasteiger partial charge in [-0.1, -0.05) is 23.2 Å². The van der Waals surface area contributed by atoms with Crippen LogP contribution < -0.4 is 5.73 Å². The fourth-order valence-electron chi connectivity index (χ4n) is 1.76. The maximum atomic E-state index is 13.9. The molecule has 0 saturated heterocycles. The molecule has 0 amide bonds. The van der Waals surface area contributed by atoms with Gasteiger partial charge in [0.2, 0.25) is 0 Å². The molecule has 2 N–H and O–H groups in total. The number of hydrogen-bond donors (Lipinski definition) is 1. The second-order valence-corrected chi connectivity index (χ2v) is 5.22. The molecule has 1 aliphatic carbocycles. The summed E-state index contributed by atoms with van der Waals surface area (Å²) >= 11 is 11.2. The Morgan fingerprint density at radius 2 is 1.86 bits per heavy atom. The lowest BCUT2D eigenvalue weighted by Gasteiger charge is -2.24. The number of nitrogens with two attached hydrogens (primary N) is 1. The summed E-state index contributed by atoms with van der Waals surface area (Å²) < 4.78 is 65.4. The Kier molecular flexibility index (Phi) is 3.92. The molecule has 21 heavy (non-hydrogen) atoms. The lowest BCUT2D eigenvalue weighted by molar-refractivity contribution is -0.137. The first-order valence-corrected chi connectivity index (χ1v) is 6.25. The van der Waals surface area contributed by atoms with Crippen molar-refractivity contribution in [2.24, 2.45) is 5.73 Å². The van der Waals surface area contributed by atoms with E-state index in [9.17, 15) is 22.0 Å². The van der Waals surface area contributed by atoms with Gasteiger partial charge in [0.05, 0.1) is 28.3 Å². The van der Waals surface area contributed by atoms with Crippen molar-refractivity contribution in [2.75, 3.05) is 0 Å². The fraction of sp³-hybridized carbons (Fsp3) is 0.250. The summed E-state index contributed by atoms with van der Waals surface area (Å²) in [4.78, 5) is 3.40. The van der Waals surface area contributed by atoms with Crippen LogP contribution in [0.4, 0.5) is 22.0 Å². The smallest absolute Gasteiger partial charge is 0.398 e. The molecule has 1 aliphatic rings. The van der Waals surface area contributed by atoms with E-state index in [1.54, 1.807) is 0 Å². The molecule has 2 rings (SSSR count). The van der Waals surface area contributed by atoms with E-state index >= 15 is 0 Å². The van der Waals surface area contributed by atoms with Crippen LogP contribution in [0.5, 0.6) is 0 Å². The Labute approximate surface area is 126 Å². The normalized spacial score (nSPS) is 18.7. The zero-order valence-electron chi connectivity index (χ0n) is 10.1. The Hall–Kier alpha value is -1.34. The first-order chi connectivity index (χ1) is 9.52. The van der Waals surface area contributed by atoms with E-state index in [2.05, 4.69) is 4.98 Å². The maximum Gasteiger partial charge on any atom is 0.417 e. The van der Waals surface area contributed by atoms with Crippen molar-refractivity contribution in [3.63, 3.8) is 0 Å². The van der Waals surface area contributed by atoms with Crippen molar-refractivity contribution in [2.45, 2.75) is 18.5 Å². The molecule has 1 aromatic rings. The van der Waals surface area contributed by atoms with Crippen LogP contribution in [0.25, 0.3) is 5.57 Å². The number of aromatic nitrogens is 1. The molecule has 0 bridgehead atoms. The molecule has 0 fully saturated rings. The van der Waals surface area contributed by atoms with Crippen LogP contribution in [0.3, 0.4) is 0 Å². The predicted octanol–water partition coefficient (Wildman–Crippen LogP) is 4.59. The van der Waals surface area contributed by atoms with Crippen molar-refractivity contribution in [1.82, 2.24) is 4.98 Å². The van der Waals surface area contributed by atoms with E-state index in [1.165, 1.54) is 0 Å². The fourth-order valence-corrected chi connectivity index (χ4v) is 2.25. The van der Waals surface area contributed by atoms with Crippen LogP contribution in [0.2, 0.25) is 5.02 Å². The summed E-state index contributed by atoms with van der Waals surface area (Å²) in [6.45, 7) is 0. The van der Waals surface area contributed by atoms with Crippen molar-refractivity contribution >= 4 is 28.8 Å². The summed E-state index contributed by atoms with van der Waals surface area (Å²) in [7, 11) is 0. The van der Waals surface area contributed by atoms with E-state index in [4.69, 9.17) is 28.9 Å². The van der Waals surface area contributed by atoms with Crippen LogP contribution in [0, 0.1) is 0 Å². The average molecular weight is 345 g/mol. The van der Waals surface area contributed by atoms with Gasteiger partial charge >= 0.3 is 6.18 Å². The topological polar surface area (TPSA) is 38.9 Å². The lowest BCUT2D eigenvalue weighted by Crippen LogP contribution is -2.24. The summed E-state index contributed by atoms with van der Waals surface area (Å²) in [5.74, 6) is -3.42. The highest BCUT2D eigenvalue weighted by Crippen LogP contribution is 2.44. The standard InChI is InChI=1S/C12H7Cl2F5N2/c13-7-1-5(12(17,18)19)4-21-10(7)6-2-9(20)8(14)3-11(6,15)16/h1-2,4H,3,20H2. The molecule has 0 aromatic carbocycles. The van der Waals surface area contributed by atoms with E-state index < -0.39 is 40.4 Å². The van der Waals surface area contributed by atoms with E-state index in [-0.39, 0.29) is 10.7 Å². The summed E-state index contributed by atoms with van der Waals surface area (Å²) in [5.41, 5.74) is 3.11. The van der Waals surface area contributed by atoms with Gasteiger partial charge in [0.25, 0.3) is 5.92 Å². The molecule has 9 heteroatoms. The molecule has 0 unspecified atom stereocenters. The van der Waals surface area contributed by atoms with E-state index in [1.807, 2.05) is 0 Å². The van der Waals surface area contributed by atoms with Gasteiger partial charge < -0.3 is 5.73 Å². The minimum atomic E-state index is -4.67. The van der Waals surface area contributed by atoms with E-state index in [0.717, 1.165) is 6.08 Å². The first-order valence-electron chi connectivity index (χ1n) is 5.49. The van der Waals surface area contributed by atoms with Crippen molar-refractivity contribution in [3.05, 3.63) is 45.3 Å². The first kappa shape index (κ1) is 16.0. The molecule has 0 spiro atoms. The van der Waals surface area contributed by atoms with Crippen LogP contribution in [-0.2, 0) is 6.18 Å². The number of allylic oxidation sites excluding steroid dienone is 3. The second kappa shape index (κ2) is 5.14. The Balaban J connectivity index is 2.54. The monoisotopic (exact) mass is 344 g/mol. The number of pyridine rings is 1. The second-order valence-electron chi connectivity index (χ2n) is 4.35. The quantitative estimate of drug-likeness (QED) is 0.757. The molecule has 114 valence electrons. The number of rotatable bonds is 1. The lowest BCUT2D eigenvalue weighted by atomic mass is 9.95. The number of alkyl halides is 5. The molecule has 1 heterocycles. The van der Waals surface area contributed by atoms with Crippen LogP contribution in [0.1, 0.15) is 17.7 Å². The third-order valence-corrected chi connectivity index (χ3v) is 3.45. The van der Waals surface area contributed by atoms with Crippen LogP contribution in [-0.4, -0.2) is 10.9 Å². The van der Waals surface area contributed by atoms with Gasteiger partial charge in [0, 0.05) is 16.9 Å². The molecule has 0 atom stereocenters. The molecular formula is C12H7Cl2F5N2. The largest absolute Gasteiger partial charge is 0.417 e. The van der Waals surface area contributed by atoms with Crippen molar-refractivity contribution in [1.29, 1.82) is 0 Å². The van der Waals surface area contributed by atoms with Crippen LogP contribution >= 0.6 is 23.2 Å².